The van der Waals surface area contributed by atoms with Crippen molar-refractivity contribution in [2.45, 2.75) is 26.7 Å². The summed E-state index contributed by atoms with van der Waals surface area (Å²) in [6, 6.07) is 0. The van der Waals surface area contributed by atoms with Gasteiger partial charge >= 0.3 is 0 Å². The lowest BCUT2D eigenvalue weighted by Gasteiger charge is -2.29. The van der Waals surface area contributed by atoms with Gasteiger partial charge in [0.1, 0.15) is 5.76 Å². The van der Waals surface area contributed by atoms with Gasteiger partial charge in [0.25, 0.3) is 0 Å². The molecule has 0 fully saturated rings. The molecule has 1 rings (SSSR count). The van der Waals surface area contributed by atoms with Gasteiger partial charge in [-0.3, -0.25) is 4.79 Å². The standard InChI is InChI=1S/C9H13IO2/c1-9(2)4-6(11)8(10)7(5-9)12-3/h4-5H2,1-3H3. The van der Waals surface area contributed by atoms with Gasteiger partial charge in [0.15, 0.2) is 5.78 Å². The summed E-state index contributed by atoms with van der Waals surface area (Å²) < 4.78 is 5.93. The third-order valence-corrected chi connectivity index (χ3v) is 3.22. The van der Waals surface area contributed by atoms with Crippen LogP contribution in [0.5, 0.6) is 0 Å². The van der Waals surface area contributed by atoms with Crippen LogP contribution in [0.25, 0.3) is 0 Å². The molecule has 12 heavy (non-hydrogen) atoms. The zero-order valence-corrected chi connectivity index (χ0v) is 9.77. The molecule has 0 spiro atoms. The lowest BCUT2D eigenvalue weighted by atomic mass is 9.79. The van der Waals surface area contributed by atoms with E-state index in [0.29, 0.717) is 6.42 Å². The zero-order chi connectivity index (χ0) is 9.35. The number of carbonyl (C=O) groups is 1. The van der Waals surface area contributed by atoms with Crippen LogP contribution in [0.15, 0.2) is 9.34 Å². The van der Waals surface area contributed by atoms with Crippen molar-refractivity contribution >= 4 is 28.4 Å². The summed E-state index contributed by atoms with van der Waals surface area (Å²) in [7, 11) is 1.63. The number of hydrogen-bond donors (Lipinski definition) is 0. The molecule has 0 saturated heterocycles. The Morgan fingerprint density at radius 3 is 2.50 bits per heavy atom. The molecule has 2 nitrogen and oxygen atoms in total. The quantitative estimate of drug-likeness (QED) is 0.690. The molecule has 0 aromatic heterocycles. The van der Waals surface area contributed by atoms with Crippen LogP contribution in [0, 0.1) is 5.41 Å². The van der Waals surface area contributed by atoms with Gasteiger partial charge in [0, 0.05) is 12.8 Å². The Bertz CT molecular complexity index is 241. The van der Waals surface area contributed by atoms with E-state index in [4.69, 9.17) is 4.74 Å². The maximum atomic E-state index is 11.4. The first-order chi connectivity index (χ1) is 5.46. The molecular formula is C9H13IO2. The summed E-state index contributed by atoms with van der Waals surface area (Å²) in [5, 5.41) is 0. The molecule has 1 aliphatic rings. The minimum Gasteiger partial charge on any atom is -0.500 e. The normalized spacial score (nSPS) is 22.8. The van der Waals surface area contributed by atoms with Gasteiger partial charge in [0.2, 0.25) is 0 Å². The minimum absolute atomic E-state index is 0.0666. The molecule has 0 aliphatic heterocycles. The van der Waals surface area contributed by atoms with E-state index < -0.39 is 0 Å². The predicted octanol–water partition coefficient (Wildman–Crippen LogP) is 2.67. The molecule has 3 heteroatoms. The second kappa shape index (κ2) is 3.36. The molecule has 0 heterocycles. The highest BCUT2D eigenvalue weighted by Crippen LogP contribution is 2.38. The second-order valence-corrected chi connectivity index (χ2v) is 4.96. The number of methoxy groups -OCH3 is 1. The van der Waals surface area contributed by atoms with Crippen molar-refractivity contribution in [3.63, 3.8) is 0 Å². The Morgan fingerprint density at radius 2 is 2.00 bits per heavy atom. The average molecular weight is 280 g/mol. The Kier molecular flexibility index (Phi) is 2.81. The van der Waals surface area contributed by atoms with E-state index in [-0.39, 0.29) is 11.2 Å². The number of carbonyl (C=O) groups excluding carboxylic acids is 1. The predicted molar refractivity (Wildman–Crippen MR) is 56.1 cm³/mol. The number of halogens is 1. The summed E-state index contributed by atoms with van der Waals surface area (Å²) in [6.45, 7) is 4.18. The third kappa shape index (κ3) is 2.00. The molecule has 68 valence electrons. The van der Waals surface area contributed by atoms with Crippen molar-refractivity contribution in [2.24, 2.45) is 5.41 Å². The number of ether oxygens (including phenoxy) is 1. The fourth-order valence-electron chi connectivity index (χ4n) is 1.40. The number of ketones is 1. The Labute approximate surface area is 86.5 Å². The summed E-state index contributed by atoms with van der Waals surface area (Å²) in [5.41, 5.74) is 0.0666. The third-order valence-electron chi connectivity index (χ3n) is 2.01. The fraction of sp³-hybridized carbons (Fsp3) is 0.667. The molecule has 0 saturated carbocycles. The minimum atomic E-state index is 0.0666. The second-order valence-electron chi connectivity index (χ2n) is 3.88. The van der Waals surface area contributed by atoms with Crippen LogP contribution in [-0.4, -0.2) is 12.9 Å². The van der Waals surface area contributed by atoms with E-state index >= 15 is 0 Å². The van der Waals surface area contributed by atoms with Gasteiger partial charge < -0.3 is 4.74 Å². The van der Waals surface area contributed by atoms with Crippen LogP contribution < -0.4 is 0 Å². The van der Waals surface area contributed by atoms with Gasteiger partial charge in [-0.2, -0.15) is 0 Å². The van der Waals surface area contributed by atoms with Gasteiger partial charge in [-0.05, 0) is 28.0 Å². The smallest absolute Gasteiger partial charge is 0.172 e. The lowest BCUT2D eigenvalue weighted by molar-refractivity contribution is -0.117. The van der Waals surface area contributed by atoms with E-state index in [1.807, 2.05) is 0 Å². The van der Waals surface area contributed by atoms with E-state index in [9.17, 15) is 4.79 Å². The Hall–Kier alpha value is -0.0600. The van der Waals surface area contributed by atoms with Crippen LogP contribution in [0.4, 0.5) is 0 Å². The molecular weight excluding hydrogens is 267 g/mol. The van der Waals surface area contributed by atoms with Crippen molar-refractivity contribution in [3.8, 4) is 0 Å². The van der Waals surface area contributed by atoms with Crippen LogP contribution in [0.3, 0.4) is 0 Å². The SMILES string of the molecule is COC1=C(I)C(=O)CC(C)(C)C1. The highest BCUT2D eigenvalue weighted by atomic mass is 127. The number of allylic oxidation sites excluding steroid dienone is 2. The maximum Gasteiger partial charge on any atom is 0.172 e. The van der Waals surface area contributed by atoms with Gasteiger partial charge in [0.05, 0.1) is 10.7 Å². The Morgan fingerprint density at radius 1 is 1.42 bits per heavy atom. The molecule has 0 bridgehead atoms. The van der Waals surface area contributed by atoms with Crippen molar-refractivity contribution in [3.05, 3.63) is 9.34 Å². The molecule has 1 aliphatic carbocycles. The molecule has 0 amide bonds. The first-order valence-corrected chi connectivity index (χ1v) is 5.00. The summed E-state index contributed by atoms with van der Waals surface area (Å²) in [4.78, 5) is 11.4. The fourth-order valence-corrected chi connectivity index (χ4v) is 2.01. The van der Waals surface area contributed by atoms with Gasteiger partial charge in [-0.1, -0.05) is 13.8 Å². The molecule has 0 aromatic rings. The first-order valence-electron chi connectivity index (χ1n) is 3.92. The summed E-state index contributed by atoms with van der Waals surface area (Å²) in [6.07, 6.45) is 1.51. The summed E-state index contributed by atoms with van der Waals surface area (Å²) in [5.74, 6) is 1.06. The number of hydrogen-bond acceptors (Lipinski definition) is 2. The topological polar surface area (TPSA) is 26.3 Å². The monoisotopic (exact) mass is 280 g/mol. The molecule has 0 aromatic carbocycles. The van der Waals surface area contributed by atoms with Crippen molar-refractivity contribution in [1.29, 1.82) is 0 Å². The van der Waals surface area contributed by atoms with Crippen LogP contribution in [0.1, 0.15) is 26.7 Å². The van der Waals surface area contributed by atoms with Crippen molar-refractivity contribution < 1.29 is 9.53 Å². The van der Waals surface area contributed by atoms with E-state index in [0.717, 1.165) is 15.8 Å². The van der Waals surface area contributed by atoms with Crippen molar-refractivity contribution in [1.82, 2.24) is 0 Å². The number of rotatable bonds is 1. The van der Waals surface area contributed by atoms with Crippen LogP contribution >= 0.6 is 22.6 Å². The van der Waals surface area contributed by atoms with Crippen molar-refractivity contribution in [2.75, 3.05) is 7.11 Å². The zero-order valence-electron chi connectivity index (χ0n) is 7.61. The van der Waals surface area contributed by atoms with E-state index in [1.165, 1.54) is 0 Å². The Balaban J connectivity index is 2.95. The highest BCUT2D eigenvalue weighted by molar-refractivity contribution is 14.1. The highest BCUT2D eigenvalue weighted by Gasteiger charge is 2.32. The largest absolute Gasteiger partial charge is 0.500 e. The molecule has 0 N–H and O–H groups in total. The van der Waals surface area contributed by atoms with Crippen LogP contribution in [-0.2, 0) is 9.53 Å². The summed E-state index contributed by atoms with van der Waals surface area (Å²) >= 11 is 2.07. The van der Waals surface area contributed by atoms with Gasteiger partial charge in [-0.15, -0.1) is 0 Å². The molecule has 0 atom stereocenters. The average Bonchev–Trinajstić information content (AvgIpc) is 1.96. The number of Topliss-reactive ketones (excluding diaryl/α,β-unsaturated/α-hetero) is 1. The lowest BCUT2D eigenvalue weighted by Crippen LogP contribution is -2.24. The molecule has 0 radical (unpaired) electrons. The first kappa shape index (κ1) is 10.0. The van der Waals surface area contributed by atoms with Gasteiger partial charge in [-0.25, -0.2) is 0 Å². The molecule has 0 unspecified atom stereocenters. The van der Waals surface area contributed by atoms with E-state index in [1.54, 1.807) is 7.11 Å². The van der Waals surface area contributed by atoms with Crippen LogP contribution in [0.2, 0.25) is 0 Å². The van der Waals surface area contributed by atoms with E-state index in [2.05, 4.69) is 36.4 Å². The maximum absolute atomic E-state index is 11.4.